The lowest BCUT2D eigenvalue weighted by Gasteiger charge is -2.31. The second kappa shape index (κ2) is 14.2. The number of aliphatic imine (C=N–C) groups is 1. The maximum Gasteiger partial charge on any atom is 0.115 e. The number of aromatic nitrogens is 4. The molecule has 4 aromatic carbocycles. The lowest BCUT2D eigenvalue weighted by Crippen LogP contribution is -2.15. The average Bonchev–Trinajstić information content (AvgIpc) is 3.72. The van der Waals surface area contributed by atoms with Crippen LogP contribution in [0.2, 0.25) is 0 Å². The summed E-state index contributed by atoms with van der Waals surface area (Å²) < 4.78 is 2.47. The predicted octanol–water partition coefficient (Wildman–Crippen LogP) is 10.2. The molecule has 53 heavy (non-hydrogen) atoms. The van der Waals surface area contributed by atoms with Crippen molar-refractivity contribution in [1.82, 2.24) is 19.5 Å². The highest BCUT2D eigenvalue weighted by atomic mass is 15.0. The quantitative estimate of drug-likeness (QED) is 0.0838. The van der Waals surface area contributed by atoms with E-state index in [9.17, 15) is 0 Å². The molecule has 0 aliphatic heterocycles. The first-order valence-corrected chi connectivity index (χ1v) is 18.0. The van der Waals surface area contributed by atoms with Gasteiger partial charge in [-0.25, -0.2) is 15.0 Å². The number of H-pyrrole nitrogens is 1. The van der Waals surface area contributed by atoms with Gasteiger partial charge in [0.15, 0.2) is 0 Å². The van der Waals surface area contributed by atoms with E-state index in [2.05, 4.69) is 92.3 Å². The van der Waals surface area contributed by atoms with Crippen molar-refractivity contribution in [1.29, 1.82) is 5.41 Å². The number of benzene rings is 4. The number of nitrogens with two attached hydrogens (primary N) is 1. The summed E-state index contributed by atoms with van der Waals surface area (Å²) in [5.74, 6) is 0. The maximum atomic E-state index is 7.31. The smallest absolute Gasteiger partial charge is 0.115 e. The summed E-state index contributed by atoms with van der Waals surface area (Å²) >= 11 is 0. The van der Waals surface area contributed by atoms with Crippen LogP contribution >= 0.6 is 0 Å². The van der Waals surface area contributed by atoms with E-state index >= 15 is 0 Å². The molecule has 3 heterocycles. The molecule has 0 saturated heterocycles. The van der Waals surface area contributed by atoms with Crippen LogP contribution in [0.5, 0.6) is 0 Å². The highest BCUT2D eigenvalue weighted by Crippen LogP contribution is 2.50. The molecule has 0 saturated carbocycles. The Morgan fingerprint density at radius 2 is 1.66 bits per heavy atom. The number of rotatable bonds is 8. The van der Waals surface area contributed by atoms with Gasteiger partial charge >= 0.3 is 0 Å². The molecule has 0 atom stereocenters. The molecule has 9 rings (SSSR count). The van der Waals surface area contributed by atoms with Crippen LogP contribution in [-0.2, 0) is 32.2 Å². The Hall–Kier alpha value is -6.60. The van der Waals surface area contributed by atoms with Crippen molar-refractivity contribution in [2.24, 2.45) is 10.7 Å². The lowest BCUT2D eigenvalue weighted by atomic mass is 9.74. The molecule has 3 aromatic heterocycles. The average molecular weight is 692 g/mol. The number of nitrogens with zero attached hydrogens (tertiary/aromatic N) is 4. The third kappa shape index (κ3) is 5.80. The summed E-state index contributed by atoms with van der Waals surface area (Å²) in [6, 6.07) is 18.1. The first-order chi connectivity index (χ1) is 26.1. The summed E-state index contributed by atoms with van der Waals surface area (Å²) in [6.45, 7) is 10.4. The Morgan fingerprint density at radius 1 is 0.887 bits per heavy atom. The van der Waals surface area contributed by atoms with E-state index < -0.39 is 0 Å². The molecule has 0 fully saturated rings. The number of hydrogen-bond donors (Lipinski definition) is 3. The molecule has 2 aliphatic rings. The Labute approximate surface area is 308 Å². The van der Waals surface area contributed by atoms with Gasteiger partial charge in [-0.3, -0.25) is 5.41 Å². The molecule has 4 N–H and O–H groups in total. The molecule has 0 unspecified atom stereocenters. The van der Waals surface area contributed by atoms with Crippen LogP contribution in [0, 0.1) is 5.41 Å². The summed E-state index contributed by atoms with van der Waals surface area (Å²) in [4.78, 5) is 16.3. The van der Waals surface area contributed by atoms with Gasteiger partial charge in [-0.05, 0) is 131 Å². The Kier molecular flexibility index (Phi) is 8.98. The minimum Gasteiger partial charge on any atom is -0.405 e. The predicted molar refractivity (Wildman–Crippen MR) is 224 cm³/mol. The van der Waals surface area contributed by atoms with E-state index in [4.69, 9.17) is 11.1 Å². The fourth-order valence-electron chi connectivity index (χ4n) is 8.27. The van der Waals surface area contributed by atoms with Gasteiger partial charge in [0.1, 0.15) is 12.7 Å². The number of hydrogen-bond acceptors (Lipinski definition) is 4. The fourth-order valence-corrected chi connectivity index (χ4v) is 8.27. The second-order valence-corrected chi connectivity index (χ2v) is 13.5. The minimum atomic E-state index is 0.737. The van der Waals surface area contributed by atoms with E-state index in [1.165, 1.54) is 71.5 Å². The molecule has 7 aromatic rings. The zero-order valence-corrected chi connectivity index (χ0v) is 29.9. The molecule has 2 aliphatic carbocycles. The first-order valence-electron chi connectivity index (χ1n) is 18.0. The zero-order valence-electron chi connectivity index (χ0n) is 29.9. The SMILES string of the molecule is C=C(C=NC=N)c1ccc2c(c1)c1cc3c4c(c1n2C/C=C\C=C/N)CCc1c-4c(cc2c1[nH]c1ccc(-c4cncnc4)cc12)CC3.C=C/C=C\C. The van der Waals surface area contributed by atoms with Crippen LogP contribution < -0.4 is 5.73 Å². The molecule has 0 spiro atoms. The number of nitrogens with one attached hydrogen (secondary N) is 2. The van der Waals surface area contributed by atoms with E-state index in [1.54, 1.807) is 24.8 Å². The van der Waals surface area contributed by atoms with Gasteiger partial charge in [0.05, 0.1) is 11.0 Å². The Morgan fingerprint density at radius 3 is 2.40 bits per heavy atom. The summed E-state index contributed by atoms with van der Waals surface area (Å²) in [6.07, 6.45) is 25.2. The highest BCUT2D eigenvalue weighted by Gasteiger charge is 2.31. The summed E-state index contributed by atoms with van der Waals surface area (Å²) in [5, 5.41) is 12.4. The Balaban J connectivity index is 0.000000752. The van der Waals surface area contributed by atoms with Crippen molar-refractivity contribution in [3.63, 3.8) is 0 Å². The van der Waals surface area contributed by atoms with Gasteiger partial charge in [-0.2, -0.15) is 0 Å². The van der Waals surface area contributed by atoms with Gasteiger partial charge in [0.25, 0.3) is 0 Å². The fraction of sp³-hybridized carbons (Fsp3) is 0.130. The zero-order chi connectivity index (χ0) is 36.5. The molecular formula is C46H41N7. The van der Waals surface area contributed by atoms with E-state index in [0.29, 0.717) is 0 Å². The first kappa shape index (κ1) is 33.5. The topological polar surface area (TPSA) is 109 Å². The van der Waals surface area contributed by atoms with Gasteiger partial charge < -0.3 is 15.3 Å². The monoisotopic (exact) mass is 691 g/mol. The lowest BCUT2D eigenvalue weighted by molar-refractivity contribution is 0.859. The van der Waals surface area contributed by atoms with Crippen molar-refractivity contribution in [3.05, 3.63) is 151 Å². The molecule has 7 nitrogen and oxygen atoms in total. The summed E-state index contributed by atoms with van der Waals surface area (Å²) in [5.41, 5.74) is 23.2. The van der Waals surface area contributed by atoms with Crippen molar-refractivity contribution < 1.29 is 0 Å². The van der Waals surface area contributed by atoms with Gasteiger partial charge in [0, 0.05) is 63.3 Å². The molecule has 7 heteroatoms. The Bertz CT molecular complexity index is 2720. The van der Waals surface area contributed by atoms with Crippen LogP contribution in [0.3, 0.4) is 0 Å². The number of aryl methyl sites for hydroxylation is 4. The standard InChI is InChI=1S/C41H33N7.C5H8/c1-24(19-44-22-43)25-8-12-37-33(15-25)35-18-28-6-5-27-17-34-32-16-26(29-20-45-23-46-21-29)7-11-36(32)47-40(34)30-9-10-31(39(28)38(27)30)41(35)48(37)14-4-2-3-13-42;1-3-5-4-2/h2-4,7-8,11-13,15-23,43,47H,1,5-6,9-10,14,42H2;3-5H,1H2,2H3/b4-2-,13-3-,43-22?,44-19?;5-4-. The summed E-state index contributed by atoms with van der Waals surface area (Å²) in [7, 11) is 0. The molecule has 260 valence electrons. The number of allylic oxidation sites excluding steroid dienone is 7. The van der Waals surface area contributed by atoms with E-state index in [-0.39, 0.29) is 0 Å². The number of aromatic amines is 1. The van der Waals surface area contributed by atoms with Crippen molar-refractivity contribution in [2.45, 2.75) is 39.2 Å². The normalized spacial score (nSPS) is 13.5. The van der Waals surface area contributed by atoms with Gasteiger partial charge in [-0.1, -0.05) is 55.7 Å². The van der Waals surface area contributed by atoms with E-state index in [0.717, 1.165) is 66.3 Å². The largest absolute Gasteiger partial charge is 0.405 e. The minimum absolute atomic E-state index is 0.737. The molecule has 0 amide bonds. The molecule has 0 radical (unpaired) electrons. The number of fused-ring (bicyclic) bond motifs is 8. The van der Waals surface area contributed by atoms with Crippen molar-refractivity contribution >= 4 is 61.7 Å². The highest BCUT2D eigenvalue weighted by molar-refractivity contribution is 6.17. The van der Waals surface area contributed by atoms with Crippen LogP contribution in [0.1, 0.15) is 34.7 Å². The molecular weight excluding hydrogens is 651 g/mol. The third-order valence-corrected chi connectivity index (χ3v) is 10.5. The van der Waals surface area contributed by atoms with Crippen LogP contribution in [-0.4, -0.2) is 32.1 Å². The van der Waals surface area contributed by atoms with Crippen LogP contribution in [0.25, 0.3) is 71.4 Å². The van der Waals surface area contributed by atoms with Crippen molar-refractivity contribution in [2.75, 3.05) is 0 Å². The van der Waals surface area contributed by atoms with Crippen LogP contribution in [0.4, 0.5) is 0 Å². The van der Waals surface area contributed by atoms with Gasteiger partial charge in [-0.15, -0.1) is 0 Å². The van der Waals surface area contributed by atoms with Gasteiger partial charge in [0.2, 0.25) is 0 Å². The maximum absolute atomic E-state index is 7.31. The van der Waals surface area contributed by atoms with Crippen molar-refractivity contribution in [3.8, 4) is 22.3 Å². The third-order valence-electron chi connectivity index (χ3n) is 10.5. The van der Waals surface area contributed by atoms with Crippen LogP contribution in [0.15, 0.2) is 128 Å². The second-order valence-electron chi connectivity index (χ2n) is 13.5. The molecule has 0 bridgehead atoms. The van der Waals surface area contributed by atoms with E-state index in [1.807, 2.05) is 43.6 Å².